The molecular formula is C11H17N5S2. The lowest BCUT2D eigenvalue weighted by atomic mass is 10.1. The van der Waals surface area contributed by atoms with Crippen LogP contribution in [0.2, 0.25) is 0 Å². The van der Waals surface area contributed by atoms with Gasteiger partial charge in [-0.2, -0.15) is 5.10 Å². The Bertz CT molecular complexity index is 544. The van der Waals surface area contributed by atoms with E-state index in [0.717, 1.165) is 26.5 Å². The number of aryl methyl sites for hydroxylation is 3. The van der Waals surface area contributed by atoms with Crippen molar-refractivity contribution in [2.75, 3.05) is 0 Å². The van der Waals surface area contributed by atoms with Crippen molar-refractivity contribution in [1.82, 2.24) is 20.0 Å². The molecule has 2 aromatic heterocycles. The quantitative estimate of drug-likeness (QED) is 0.928. The van der Waals surface area contributed by atoms with Crippen molar-refractivity contribution in [3.8, 4) is 0 Å². The lowest BCUT2D eigenvalue weighted by Crippen LogP contribution is -2.18. The van der Waals surface area contributed by atoms with E-state index in [4.69, 9.17) is 5.73 Å². The van der Waals surface area contributed by atoms with Crippen molar-refractivity contribution in [2.45, 2.75) is 42.6 Å². The summed E-state index contributed by atoms with van der Waals surface area (Å²) in [5.41, 5.74) is 8.15. The van der Waals surface area contributed by atoms with Gasteiger partial charge in [0.15, 0.2) is 4.34 Å². The zero-order valence-corrected chi connectivity index (χ0v) is 12.6. The number of hydrogen-bond acceptors (Lipinski definition) is 6. The van der Waals surface area contributed by atoms with Gasteiger partial charge in [-0.1, -0.05) is 11.3 Å². The van der Waals surface area contributed by atoms with Crippen LogP contribution in [0.15, 0.2) is 9.37 Å². The molecule has 0 aliphatic carbocycles. The predicted molar refractivity (Wildman–Crippen MR) is 74.1 cm³/mol. The van der Waals surface area contributed by atoms with E-state index >= 15 is 0 Å². The van der Waals surface area contributed by atoms with E-state index in [1.165, 1.54) is 5.56 Å². The Kier molecular flexibility index (Phi) is 4.04. The Morgan fingerprint density at radius 3 is 2.67 bits per heavy atom. The van der Waals surface area contributed by atoms with Gasteiger partial charge in [0, 0.05) is 18.7 Å². The van der Waals surface area contributed by atoms with Gasteiger partial charge in [-0.3, -0.25) is 4.68 Å². The summed E-state index contributed by atoms with van der Waals surface area (Å²) in [6.45, 7) is 5.99. The summed E-state index contributed by atoms with van der Waals surface area (Å²) in [7, 11) is 1.95. The maximum Gasteiger partial charge on any atom is 0.180 e. The zero-order valence-electron chi connectivity index (χ0n) is 11.0. The highest BCUT2D eigenvalue weighted by atomic mass is 32.2. The van der Waals surface area contributed by atoms with Crippen LogP contribution in [0.3, 0.4) is 0 Å². The van der Waals surface area contributed by atoms with E-state index in [-0.39, 0.29) is 6.04 Å². The number of hydrogen-bond donors (Lipinski definition) is 1. The molecule has 0 spiro atoms. The van der Waals surface area contributed by atoms with Crippen molar-refractivity contribution in [1.29, 1.82) is 0 Å². The Balaban J connectivity index is 2.31. The molecular weight excluding hydrogens is 266 g/mol. The average molecular weight is 283 g/mol. The van der Waals surface area contributed by atoms with Gasteiger partial charge in [0.25, 0.3) is 0 Å². The van der Waals surface area contributed by atoms with Gasteiger partial charge >= 0.3 is 0 Å². The smallest absolute Gasteiger partial charge is 0.180 e. The van der Waals surface area contributed by atoms with E-state index in [9.17, 15) is 0 Å². The van der Waals surface area contributed by atoms with Crippen molar-refractivity contribution in [2.24, 2.45) is 12.8 Å². The molecule has 0 fully saturated rings. The maximum atomic E-state index is 5.90. The third-order valence-corrected chi connectivity index (χ3v) is 4.60. The molecule has 7 heteroatoms. The van der Waals surface area contributed by atoms with Crippen LogP contribution in [0.5, 0.6) is 0 Å². The first-order valence-corrected chi connectivity index (χ1v) is 7.36. The first-order valence-electron chi connectivity index (χ1n) is 5.73. The third kappa shape index (κ3) is 2.90. The van der Waals surface area contributed by atoms with Gasteiger partial charge in [0.2, 0.25) is 0 Å². The zero-order chi connectivity index (χ0) is 13.3. The molecule has 1 atom stereocenters. The first-order chi connectivity index (χ1) is 8.47. The molecule has 1 unspecified atom stereocenters. The summed E-state index contributed by atoms with van der Waals surface area (Å²) < 4.78 is 2.84. The third-order valence-electron chi connectivity index (χ3n) is 2.51. The number of nitrogens with two attached hydrogens (primary N) is 1. The second-order valence-corrected chi connectivity index (χ2v) is 6.78. The van der Waals surface area contributed by atoms with E-state index in [1.54, 1.807) is 23.1 Å². The molecule has 0 amide bonds. The molecule has 2 rings (SSSR count). The van der Waals surface area contributed by atoms with Crippen LogP contribution in [0.1, 0.15) is 23.2 Å². The highest BCUT2D eigenvalue weighted by molar-refractivity contribution is 8.01. The minimum absolute atomic E-state index is 0.128. The van der Waals surface area contributed by atoms with Crippen molar-refractivity contribution in [3.63, 3.8) is 0 Å². The number of aromatic nitrogens is 4. The van der Waals surface area contributed by atoms with E-state index < -0.39 is 0 Å². The lowest BCUT2D eigenvalue weighted by molar-refractivity contribution is 0.677. The monoisotopic (exact) mass is 283 g/mol. The Morgan fingerprint density at radius 1 is 1.39 bits per heavy atom. The molecule has 0 bridgehead atoms. The summed E-state index contributed by atoms with van der Waals surface area (Å²) in [4.78, 5) is 0. The Labute approximate surface area is 115 Å². The van der Waals surface area contributed by atoms with Gasteiger partial charge in [0.1, 0.15) is 10.0 Å². The predicted octanol–water partition coefficient (Wildman–Crippen LogP) is 1.93. The van der Waals surface area contributed by atoms with Crippen LogP contribution in [0, 0.1) is 13.8 Å². The molecule has 0 aliphatic heterocycles. The van der Waals surface area contributed by atoms with Crippen LogP contribution in [0.25, 0.3) is 0 Å². The Hall–Kier alpha value is -0.920. The van der Waals surface area contributed by atoms with Crippen molar-refractivity contribution >= 4 is 23.1 Å². The number of rotatable bonds is 4. The van der Waals surface area contributed by atoms with Crippen LogP contribution >= 0.6 is 23.1 Å². The minimum Gasteiger partial charge on any atom is -0.328 e. The average Bonchev–Trinajstić information content (AvgIpc) is 2.77. The summed E-state index contributed by atoms with van der Waals surface area (Å²) in [5.74, 6) is 0. The van der Waals surface area contributed by atoms with E-state index in [2.05, 4.69) is 15.3 Å². The normalized spacial score (nSPS) is 12.9. The molecule has 98 valence electrons. The summed E-state index contributed by atoms with van der Waals surface area (Å²) in [5, 5.41) is 14.7. The molecule has 0 aliphatic rings. The fraction of sp³-hybridized carbons (Fsp3) is 0.545. The van der Waals surface area contributed by atoms with Gasteiger partial charge < -0.3 is 5.73 Å². The van der Waals surface area contributed by atoms with Crippen LogP contribution in [-0.2, 0) is 13.5 Å². The molecule has 2 aromatic rings. The summed E-state index contributed by atoms with van der Waals surface area (Å²) in [6.07, 6.45) is 0.833. The maximum absolute atomic E-state index is 5.90. The van der Waals surface area contributed by atoms with Gasteiger partial charge in [-0.15, -0.1) is 10.2 Å². The molecule has 0 aromatic carbocycles. The largest absolute Gasteiger partial charge is 0.328 e. The SMILES string of the molecule is Cc1nnc(Sc2c(CC(C)N)c(C)nn2C)s1. The molecule has 5 nitrogen and oxygen atoms in total. The Morgan fingerprint density at radius 2 is 2.11 bits per heavy atom. The van der Waals surface area contributed by atoms with Gasteiger partial charge in [-0.25, -0.2) is 0 Å². The fourth-order valence-corrected chi connectivity index (χ4v) is 3.72. The second kappa shape index (κ2) is 5.38. The van der Waals surface area contributed by atoms with Crippen LogP contribution in [-0.4, -0.2) is 26.0 Å². The number of nitrogens with zero attached hydrogens (tertiary/aromatic N) is 4. The van der Waals surface area contributed by atoms with Crippen molar-refractivity contribution in [3.05, 3.63) is 16.3 Å². The van der Waals surface area contributed by atoms with E-state index in [0.29, 0.717) is 0 Å². The minimum atomic E-state index is 0.128. The molecule has 0 radical (unpaired) electrons. The molecule has 2 N–H and O–H groups in total. The summed E-state index contributed by atoms with van der Waals surface area (Å²) >= 11 is 3.21. The van der Waals surface area contributed by atoms with Crippen molar-refractivity contribution < 1.29 is 0 Å². The van der Waals surface area contributed by atoms with E-state index in [1.807, 2.05) is 32.5 Å². The molecule has 18 heavy (non-hydrogen) atoms. The molecule has 0 saturated carbocycles. The highest BCUT2D eigenvalue weighted by Crippen LogP contribution is 2.33. The topological polar surface area (TPSA) is 69.6 Å². The fourth-order valence-electron chi connectivity index (χ4n) is 1.77. The van der Waals surface area contributed by atoms with Crippen LogP contribution in [0.4, 0.5) is 0 Å². The molecule has 0 saturated heterocycles. The van der Waals surface area contributed by atoms with Gasteiger partial charge in [-0.05, 0) is 39.0 Å². The summed E-state index contributed by atoms with van der Waals surface area (Å²) in [6, 6.07) is 0.128. The van der Waals surface area contributed by atoms with Gasteiger partial charge in [0.05, 0.1) is 5.69 Å². The lowest BCUT2D eigenvalue weighted by Gasteiger charge is -2.06. The standard InChI is InChI=1S/C11H17N5S2/c1-6(12)5-9-7(2)15-16(4)10(9)18-11-14-13-8(3)17-11/h6H,5,12H2,1-4H3. The first kappa shape index (κ1) is 13.5. The van der Waals surface area contributed by atoms with Crippen LogP contribution < -0.4 is 5.73 Å². The molecule has 2 heterocycles. The second-order valence-electron chi connectivity index (χ2n) is 4.36. The highest BCUT2D eigenvalue weighted by Gasteiger charge is 2.17.